The lowest BCUT2D eigenvalue weighted by atomic mass is 10.2. The minimum Gasteiger partial charge on any atom is -0.377 e. The second kappa shape index (κ2) is 38.6. The van der Waals surface area contributed by atoms with Gasteiger partial charge in [0.05, 0.1) is 165 Å². The Kier molecular flexibility index (Phi) is 36.3. The Morgan fingerprint density at radius 2 is 0.674 bits per heavy atom. The van der Waals surface area contributed by atoms with E-state index < -0.39 is 0 Å². The fourth-order valence-corrected chi connectivity index (χ4v) is 3.67. The molecule has 0 aromatic rings. The van der Waals surface area contributed by atoms with Gasteiger partial charge in [-0.25, -0.2) is 0 Å². The average molecular weight is 671 g/mol. The molecule has 0 amide bonds. The van der Waals surface area contributed by atoms with Gasteiger partial charge in [-0.15, -0.1) is 6.58 Å². The van der Waals surface area contributed by atoms with Crippen LogP contribution in [0.4, 0.5) is 0 Å². The highest BCUT2D eigenvalue weighted by Crippen LogP contribution is 2.13. The second-order valence-electron chi connectivity index (χ2n) is 9.77. The summed E-state index contributed by atoms with van der Waals surface area (Å²) in [6.45, 7) is 17.5. The van der Waals surface area contributed by atoms with Gasteiger partial charge in [-0.05, 0) is 19.3 Å². The Labute approximate surface area is 276 Å². The molecule has 0 N–H and O–H groups in total. The maximum Gasteiger partial charge on any atom is 0.157 e. The second-order valence-corrected chi connectivity index (χ2v) is 9.77. The van der Waals surface area contributed by atoms with Crippen molar-refractivity contribution < 1.29 is 66.3 Å². The molecule has 0 bridgehead atoms. The summed E-state index contributed by atoms with van der Waals surface area (Å²) in [6, 6.07) is 0. The lowest BCUT2D eigenvalue weighted by molar-refractivity contribution is -0.169. The molecule has 1 fully saturated rings. The van der Waals surface area contributed by atoms with Gasteiger partial charge in [0.2, 0.25) is 0 Å². The van der Waals surface area contributed by atoms with Crippen LogP contribution in [0.15, 0.2) is 12.7 Å². The first-order valence-electron chi connectivity index (χ1n) is 16.7. The van der Waals surface area contributed by atoms with Gasteiger partial charge in [-0.2, -0.15) is 0 Å². The summed E-state index contributed by atoms with van der Waals surface area (Å²) in [5.74, 6) is 0. The van der Waals surface area contributed by atoms with Crippen molar-refractivity contribution in [1.82, 2.24) is 0 Å². The van der Waals surface area contributed by atoms with Crippen LogP contribution >= 0.6 is 0 Å². The molecule has 0 aromatic heterocycles. The van der Waals surface area contributed by atoms with E-state index in [1.54, 1.807) is 6.08 Å². The molecule has 46 heavy (non-hydrogen) atoms. The summed E-state index contributed by atoms with van der Waals surface area (Å²) in [7, 11) is 0. The first-order chi connectivity index (χ1) is 22.9. The summed E-state index contributed by atoms with van der Waals surface area (Å²) in [4.78, 5) is 0. The van der Waals surface area contributed by atoms with Crippen LogP contribution in [0.1, 0.15) is 19.3 Å². The highest BCUT2D eigenvalue weighted by Gasteiger charge is 2.13. The van der Waals surface area contributed by atoms with E-state index in [2.05, 4.69) is 6.58 Å². The van der Waals surface area contributed by atoms with Crippen molar-refractivity contribution in [3.63, 3.8) is 0 Å². The zero-order valence-electron chi connectivity index (χ0n) is 28.1. The highest BCUT2D eigenvalue weighted by molar-refractivity contribution is 4.63. The summed E-state index contributed by atoms with van der Waals surface area (Å²) in [5, 5.41) is 0. The third-order valence-electron chi connectivity index (χ3n) is 6.00. The molecule has 1 saturated heterocycles. The average Bonchev–Trinajstić information content (AvgIpc) is 3.08. The van der Waals surface area contributed by atoms with Crippen LogP contribution < -0.4 is 0 Å². The van der Waals surface area contributed by atoms with Crippen LogP contribution in [0.5, 0.6) is 0 Å². The number of hydrogen-bond donors (Lipinski definition) is 0. The van der Waals surface area contributed by atoms with Gasteiger partial charge in [0.25, 0.3) is 0 Å². The Morgan fingerprint density at radius 1 is 0.391 bits per heavy atom. The maximum absolute atomic E-state index is 5.61. The largest absolute Gasteiger partial charge is 0.377 e. The van der Waals surface area contributed by atoms with Gasteiger partial charge in [0, 0.05) is 6.61 Å². The summed E-state index contributed by atoms with van der Waals surface area (Å²) < 4.78 is 76.4. The van der Waals surface area contributed by atoms with Crippen LogP contribution in [-0.2, 0) is 66.3 Å². The fraction of sp³-hybridized carbons (Fsp3) is 0.938. The lowest BCUT2D eigenvalue weighted by Gasteiger charge is -2.22. The predicted molar refractivity (Wildman–Crippen MR) is 170 cm³/mol. The van der Waals surface area contributed by atoms with E-state index in [4.69, 9.17) is 66.3 Å². The van der Waals surface area contributed by atoms with Crippen molar-refractivity contribution in [2.75, 3.05) is 172 Å². The smallest absolute Gasteiger partial charge is 0.157 e. The van der Waals surface area contributed by atoms with Gasteiger partial charge < -0.3 is 66.3 Å². The van der Waals surface area contributed by atoms with E-state index in [1.165, 1.54) is 6.42 Å². The molecule has 1 heterocycles. The number of hydrogen-bond acceptors (Lipinski definition) is 14. The minimum atomic E-state index is -0.0661. The Morgan fingerprint density at radius 3 is 0.935 bits per heavy atom. The van der Waals surface area contributed by atoms with Gasteiger partial charge in [-0.3, -0.25) is 0 Å². The number of ether oxygens (including phenoxy) is 14. The maximum atomic E-state index is 5.61. The third-order valence-corrected chi connectivity index (χ3v) is 6.00. The first-order valence-corrected chi connectivity index (χ1v) is 16.7. The molecule has 1 unspecified atom stereocenters. The molecule has 0 spiro atoms. The highest BCUT2D eigenvalue weighted by atomic mass is 16.7. The van der Waals surface area contributed by atoms with Crippen LogP contribution in [0.25, 0.3) is 0 Å². The van der Waals surface area contributed by atoms with Crippen LogP contribution in [0.3, 0.4) is 0 Å². The minimum absolute atomic E-state index is 0.0661. The van der Waals surface area contributed by atoms with E-state index >= 15 is 0 Å². The SMILES string of the molecule is C=CCOCCOCCOCCOCCOCCOCCOCCOCCOCCOCCOCCOCCOC1CCCCO1. The van der Waals surface area contributed by atoms with Gasteiger partial charge in [0.15, 0.2) is 6.29 Å². The molecule has 274 valence electrons. The van der Waals surface area contributed by atoms with E-state index in [9.17, 15) is 0 Å². The quantitative estimate of drug-likeness (QED) is 0.0698. The molecule has 1 aliphatic rings. The predicted octanol–water partition coefficient (Wildman–Crippen LogP) is 1.91. The zero-order valence-corrected chi connectivity index (χ0v) is 28.1. The van der Waals surface area contributed by atoms with Gasteiger partial charge >= 0.3 is 0 Å². The molecule has 0 aliphatic carbocycles. The monoisotopic (exact) mass is 670 g/mol. The molecule has 1 aliphatic heterocycles. The van der Waals surface area contributed by atoms with Crippen molar-refractivity contribution in [1.29, 1.82) is 0 Å². The topological polar surface area (TPSA) is 129 Å². The van der Waals surface area contributed by atoms with E-state index in [0.29, 0.717) is 165 Å². The fourth-order valence-electron chi connectivity index (χ4n) is 3.67. The van der Waals surface area contributed by atoms with Crippen LogP contribution in [-0.4, -0.2) is 178 Å². The van der Waals surface area contributed by atoms with Crippen LogP contribution in [0, 0.1) is 0 Å². The van der Waals surface area contributed by atoms with Crippen molar-refractivity contribution in [2.45, 2.75) is 25.6 Å². The molecular formula is C32H62O14. The van der Waals surface area contributed by atoms with Gasteiger partial charge in [-0.1, -0.05) is 6.08 Å². The number of rotatable bonds is 39. The molecule has 0 aromatic carbocycles. The molecule has 1 atom stereocenters. The Balaban J connectivity index is 1.60. The summed E-state index contributed by atoms with van der Waals surface area (Å²) >= 11 is 0. The zero-order chi connectivity index (χ0) is 32.7. The van der Waals surface area contributed by atoms with Crippen molar-refractivity contribution >= 4 is 0 Å². The Hall–Kier alpha value is -0.820. The normalized spacial score (nSPS) is 15.1. The van der Waals surface area contributed by atoms with E-state index in [0.717, 1.165) is 19.4 Å². The molecule has 0 radical (unpaired) electrons. The standard InChI is InChI=1S/C32H62O14/c1-2-6-33-8-9-34-10-11-35-12-13-36-14-15-37-16-17-38-18-19-39-20-21-40-22-23-41-24-25-42-26-27-43-28-29-44-30-31-46-32-5-3-4-7-45-32/h2,32H,1,3-31H2. The van der Waals surface area contributed by atoms with Crippen molar-refractivity contribution in [2.24, 2.45) is 0 Å². The summed E-state index contributed by atoms with van der Waals surface area (Å²) in [6.07, 6.45) is 4.90. The van der Waals surface area contributed by atoms with Gasteiger partial charge in [0.1, 0.15) is 0 Å². The Bertz CT molecular complexity index is 583. The van der Waals surface area contributed by atoms with Crippen molar-refractivity contribution in [3.05, 3.63) is 12.7 Å². The van der Waals surface area contributed by atoms with E-state index in [1.807, 2.05) is 0 Å². The molecular weight excluding hydrogens is 608 g/mol. The molecule has 0 saturated carbocycles. The third kappa shape index (κ3) is 34.5. The first kappa shape index (κ1) is 43.2. The lowest BCUT2D eigenvalue weighted by Crippen LogP contribution is -2.24. The van der Waals surface area contributed by atoms with Crippen molar-refractivity contribution in [3.8, 4) is 0 Å². The van der Waals surface area contributed by atoms with Crippen LogP contribution in [0.2, 0.25) is 0 Å². The summed E-state index contributed by atoms with van der Waals surface area (Å²) in [5.41, 5.74) is 0. The molecule has 1 rings (SSSR count). The van der Waals surface area contributed by atoms with E-state index in [-0.39, 0.29) is 6.29 Å². The molecule has 14 heteroatoms. The molecule has 14 nitrogen and oxygen atoms in total.